The van der Waals surface area contributed by atoms with Gasteiger partial charge in [-0.05, 0) is 48.9 Å². The third kappa shape index (κ3) is 6.84. The molecular weight excluding hydrogens is 340 g/mol. The summed E-state index contributed by atoms with van der Waals surface area (Å²) in [7, 11) is 1.71. The number of rotatable bonds is 9. The first-order chi connectivity index (χ1) is 11.6. The molecule has 1 unspecified atom stereocenters. The summed E-state index contributed by atoms with van der Waals surface area (Å²) in [5, 5.41) is 0. The highest BCUT2D eigenvalue weighted by Crippen LogP contribution is 2.28. The van der Waals surface area contributed by atoms with E-state index in [1.54, 1.807) is 7.11 Å². The number of carbonyl (C=O) groups is 1. The zero-order valence-corrected chi connectivity index (χ0v) is 16.1. The largest absolute Gasteiger partial charge is 0.494 e. The Labute approximate surface area is 157 Å². The van der Waals surface area contributed by atoms with E-state index in [0.717, 1.165) is 44.7 Å². The quantitative estimate of drug-likeness (QED) is 0.679. The third-order valence-electron chi connectivity index (χ3n) is 4.73. The molecule has 0 radical (unpaired) electrons. The lowest BCUT2D eigenvalue weighted by Gasteiger charge is -2.22. The molecular formula is C19H31ClN2O3. The van der Waals surface area contributed by atoms with E-state index in [9.17, 15) is 4.79 Å². The predicted octanol–water partition coefficient (Wildman–Crippen LogP) is 2.65. The van der Waals surface area contributed by atoms with Crippen LogP contribution in [0, 0.1) is 5.41 Å². The number of hydrogen-bond acceptors (Lipinski definition) is 4. The minimum absolute atomic E-state index is 0. The van der Waals surface area contributed by atoms with Gasteiger partial charge in [0.2, 0.25) is 5.91 Å². The van der Waals surface area contributed by atoms with Crippen LogP contribution in [0.15, 0.2) is 24.3 Å². The molecule has 25 heavy (non-hydrogen) atoms. The summed E-state index contributed by atoms with van der Waals surface area (Å²) in [6.07, 6.45) is 3.18. The van der Waals surface area contributed by atoms with Crippen molar-refractivity contribution in [3.63, 3.8) is 0 Å². The number of nitrogens with two attached hydrogens (primary N) is 1. The van der Waals surface area contributed by atoms with Crippen molar-refractivity contribution in [2.24, 2.45) is 11.1 Å². The molecule has 1 atom stereocenters. The number of amides is 1. The molecule has 1 amide bonds. The van der Waals surface area contributed by atoms with Crippen LogP contribution in [0.4, 0.5) is 0 Å². The average Bonchev–Trinajstić information content (AvgIpc) is 3.01. The first-order valence-electron chi connectivity index (χ1n) is 8.75. The van der Waals surface area contributed by atoms with Crippen LogP contribution in [0.25, 0.3) is 0 Å². The number of methoxy groups -OCH3 is 1. The molecule has 1 saturated heterocycles. The van der Waals surface area contributed by atoms with Crippen LogP contribution in [-0.2, 0) is 16.0 Å². The Kier molecular flexibility index (Phi) is 9.25. The maximum Gasteiger partial charge on any atom is 0.222 e. The average molecular weight is 371 g/mol. The summed E-state index contributed by atoms with van der Waals surface area (Å²) < 4.78 is 10.8. The van der Waals surface area contributed by atoms with Gasteiger partial charge in [-0.2, -0.15) is 0 Å². The summed E-state index contributed by atoms with van der Waals surface area (Å²) in [4.78, 5) is 14.2. The number of ether oxygens (including phenoxy) is 2. The van der Waals surface area contributed by atoms with Gasteiger partial charge in [-0.1, -0.05) is 19.1 Å². The van der Waals surface area contributed by atoms with Crippen molar-refractivity contribution in [2.45, 2.75) is 32.6 Å². The molecule has 1 aliphatic heterocycles. The van der Waals surface area contributed by atoms with E-state index in [1.807, 2.05) is 17.0 Å². The van der Waals surface area contributed by atoms with Crippen molar-refractivity contribution in [3.05, 3.63) is 29.8 Å². The Morgan fingerprint density at radius 3 is 2.60 bits per heavy atom. The topological polar surface area (TPSA) is 64.8 Å². The zero-order chi connectivity index (χ0) is 17.4. The van der Waals surface area contributed by atoms with Crippen LogP contribution < -0.4 is 10.5 Å². The normalized spacial score (nSPS) is 19.6. The van der Waals surface area contributed by atoms with Crippen molar-refractivity contribution < 1.29 is 14.3 Å². The lowest BCUT2D eigenvalue weighted by molar-refractivity contribution is -0.130. The van der Waals surface area contributed by atoms with E-state index >= 15 is 0 Å². The fraction of sp³-hybridized carbons (Fsp3) is 0.632. The second-order valence-corrected chi connectivity index (χ2v) is 6.92. The molecule has 6 heteroatoms. The van der Waals surface area contributed by atoms with Crippen LogP contribution in [-0.4, -0.2) is 50.8 Å². The highest BCUT2D eigenvalue weighted by atomic mass is 35.5. The molecule has 0 aliphatic carbocycles. The Hall–Kier alpha value is -1.30. The number of likely N-dealkylation sites (tertiary alicyclic amines) is 1. The van der Waals surface area contributed by atoms with Gasteiger partial charge in [-0.25, -0.2) is 0 Å². The Morgan fingerprint density at radius 2 is 2.00 bits per heavy atom. The molecule has 0 bridgehead atoms. The summed E-state index contributed by atoms with van der Waals surface area (Å²) in [6.45, 7) is 5.69. The van der Waals surface area contributed by atoms with Crippen LogP contribution in [0.1, 0.15) is 31.7 Å². The summed E-state index contributed by atoms with van der Waals surface area (Å²) in [5.74, 6) is 1.06. The van der Waals surface area contributed by atoms with E-state index in [4.69, 9.17) is 15.2 Å². The Balaban J connectivity index is 0.00000312. The van der Waals surface area contributed by atoms with Crippen LogP contribution in [0.2, 0.25) is 0 Å². The minimum atomic E-state index is 0. The van der Waals surface area contributed by atoms with Crippen LogP contribution in [0.5, 0.6) is 5.75 Å². The predicted molar refractivity (Wildman–Crippen MR) is 102 cm³/mol. The Bertz CT molecular complexity index is 524. The first-order valence-corrected chi connectivity index (χ1v) is 8.75. The SMILES string of the molecule is COCCc1ccc(OCCCC(=O)N2CCC(C)(CN)C2)cc1.Cl. The molecule has 0 saturated carbocycles. The number of benzene rings is 1. The Morgan fingerprint density at radius 1 is 1.28 bits per heavy atom. The van der Waals surface area contributed by atoms with Gasteiger partial charge in [0.1, 0.15) is 5.75 Å². The maximum absolute atomic E-state index is 12.2. The summed E-state index contributed by atoms with van der Waals surface area (Å²) in [6, 6.07) is 8.05. The number of halogens is 1. The van der Waals surface area contributed by atoms with Gasteiger partial charge in [0, 0.05) is 26.6 Å². The second kappa shape index (κ2) is 10.6. The molecule has 1 aromatic rings. The molecule has 2 rings (SSSR count). The molecule has 1 aliphatic rings. The molecule has 1 aromatic carbocycles. The van der Waals surface area contributed by atoms with Gasteiger partial charge in [0.25, 0.3) is 0 Å². The van der Waals surface area contributed by atoms with Crippen molar-refractivity contribution >= 4 is 18.3 Å². The molecule has 1 fully saturated rings. The van der Waals surface area contributed by atoms with Gasteiger partial charge >= 0.3 is 0 Å². The summed E-state index contributed by atoms with van der Waals surface area (Å²) in [5.41, 5.74) is 7.12. The lowest BCUT2D eigenvalue weighted by Crippen LogP contribution is -2.34. The van der Waals surface area contributed by atoms with E-state index in [2.05, 4.69) is 19.1 Å². The fourth-order valence-corrected chi connectivity index (χ4v) is 2.95. The molecule has 142 valence electrons. The highest BCUT2D eigenvalue weighted by Gasteiger charge is 2.34. The monoisotopic (exact) mass is 370 g/mol. The van der Waals surface area contributed by atoms with E-state index in [0.29, 0.717) is 19.6 Å². The van der Waals surface area contributed by atoms with Crippen molar-refractivity contribution in [1.29, 1.82) is 0 Å². The van der Waals surface area contributed by atoms with Crippen LogP contribution in [0.3, 0.4) is 0 Å². The smallest absolute Gasteiger partial charge is 0.222 e. The fourth-order valence-electron chi connectivity index (χ4n) is 2.95. The van der Waals surface area contributed by atoms with Crippen molar-refractivity contribution in [2.75, 3.05) is 40.0 Å². The standard InChI is InChI=1S/C19H30N2O3.ClH/c1-19(14-20)10-11-21(15-19)18(22)4-3-12-24-17-7-5-16(6-8-17)9-13-23-2;/h5-8H,3-4,9-15,20H2,1-2H3;1H. The number of nitrogens with zero attached hydrogens (tertiary/aromatic N) is 1. The van der Waals surface area contributed by atoms with E-state index in [1.165, 1.54) is 5.56 Å². The molecule has 1 heterocycles. The third-order valence-corrected chi connectivity index (χ3v) is 4.73. The molecule has 0 spiro atoms. The van der Waals surface area contributed by atoms with Gasteiger partial charge in [-0.3, -0.25) is 4.79 Å². The van der Waals surface area contributed by atoms with Gasteiger partial charge in [0.15, 0.2) is 0 Å². The van der Waals surface area contributed by atoms with Crippen molar-refractivity contribution in [1.82, 2.24) is 4.90 Å². The lowest BCUT2D eigenvalue weighted by atomic mass is 9.90. The van der Waals surface area contributed by atoms with Gasteiger partial charge in [-0.15, -0.1) is 12.4 Å². The number of hydrogen-bond donors (Lipinski definition) is 1. The van der Waals surface area contributed by atoms with Crippen molar-refractivity contribution in [3.8, 4) is 5.75 Å². The van der Waals surface area contributed by atoms with Gasteiger partial charge < -0.3 is 20.1 Å². The highest BCUT2D eigenvalue weighted by molar-refractivity contribution is 5.85. The molecule has 0 aromatic heterocycles. The second-order valence-electron chi connectivity index (χ2n) is 6.92. The maximum atomic E-state index is 12.2. The molecule has 5 nitrogen and oxygen atoms in total. The summed E-state index contributed by atoms with van der Waals surface area (Å²) >= 11 is 0. The minimum Gasteiger partial charge on any atom is -0.494 e. The molecule has 2 N–H and O–H groups in total. The van der Waals surface area contributed by atoms with E-state index in [-0.39, 0.29) is 23.7 Å². The number of carbonyl (C=O) groups excluding carboxylic acids is 1. The van der Waals surface area contributed by atoms with Gasteiger partial charge in [0.05, 0.1) is 13.2 Å². The van der Waals surface area contributed by atoms with E-state index < -0.39 is 0 Å². The zero-order valence-electron chi connectivity index (χ0n) is 15.3. The first kappa shape index (κ1) is 21.7. The van der Waals surface area contributed by atoms with Crippen LogP contribution >= 0.6 is 12.4 Å².